The number of alkyl halides is 3. The summed E-state index contributed by atoms with van der Waals surface area (Å²) in [6, 6.07) is 14.9. The Bertz CT molecular complexity index is 1380. The maximum atomic E-state index is 13.4. The highest BCUT2D eigenvalue weighted by Crippen LogP contribution is 2.38. The topological polar surface area (TPSA) is 60.2 Å². The van der Waals surface area contributed by atoms with Gasteiger partial charge in [-0.05, 0) is 43.5 Å². The van der Waals surface area contributed by atoms with Gasteiger partial charge in [-0.1, -0.05) is 36.4 Å². The Kier molecular flexibility index (Phi) is 6.38. The Hall–Kier alpha value is -3.88. The van der Waals surface area contributed by atoms with E-state index in [4.69, 9.17) is 4.74 Å². The molecule has 2 aromatic carbocycles. The second-order valence-electron chi connectivity index (χ2n) is 8.74. The monoisotopic (exact) mass is 494 g/mol. The van der Waals surface area contributed by atoms with Crippen LogP contribution in [0.15, 0.2) is 67.1 Å². The van der Waals surface area contributed by atoms with Gasteiger partial charge in [-0.3, -0.25) is 4.79 Å². The van der Waals surface area contributed by atoms with E-state index in [1.807, 2.05) is 36.5 Å². The number of nitrogens with zero attached hydrogens (tertiary/aromatic N) is 4. The third-order valence-electron chi connectivity index (χ3n) is 6.51. The molecule has 1 saturated heterocycles. The van der Waals surface area contributed by atoms with Crippen LogP contribution in [-0.4, -0.2) is 40.2 Å². The van der Waals surface area contributed by atoms with Gasteiger partial charge in [-0.2, -0.15) is 13.2 Å². The molecule has 1 fully saturated rings. The zero-order valence-corrected chi connectivity index (χ0v) is 19.7. The molecule has 0 amide bonds. The van der Waals surface area contributed by atoms with Gasteiger partial charge < -0.3 is 14.2 Å². The number of esters is 1. The second kappa shape index (κ2) is 9.64. The van der Waals surface area contributed by atoms with Crippen LogP contribution in [0.2, 0.25) is 0 Å². The van der Waals surface area contributed by atoms with Crippen molar-refractivity contribution in [1.82, 2.24) is 14.5 Å². The smallest absolute Gasteiger partial charge is 0.416 e. The van der Waals surface area contributed by atoms with E-state index in [1.54, 1.807) is 17.6 Å². The molecule has 5 rings (SSSR count). The first-order chi connectivity index (χ1) is 17.4. The number of ether oxygens (including phenoxy) is 1. The van der Waals surface area contributed by atoms with E-state index in [9.17, 15) is 18.0 Å². The number of fused-ring (bicyclic) bond motifs is 1. The Morgan fingerprint density at radius 3 is 2.50 bits per heavy atom. The number of hydrogen-bond donors (Lipinski definition) is 0. The summed E-state index contributed by atoms with van der Waals surface area (Å²) in [6.45, 7) is 3.37. The quantitative estimate of drug-likeness (QED) is 0.324. The molecule has 0 radical (unpaired) electrons. The third kappa shape index (κ3) is 4.53. The van der Waals surface area contributed by atoms with Gasteiger partial charge in [-0.25, -0.2) is 9.97 Å². The van der Waals surface area contributed by atoms with Crippen molar-refractivity contribution in [2.45, 2.75) is 25.9 Å². The lowest BCUT2D eigenvalue weighted by atomic mass is 9.96. The van der Waals surface area contributed by atoms with Crippen LogP contribution < -0.4 is 4.90 Å². The maximum Gasteiger partial charge on any atom is 0.416 e. The van der Waals surface area contributed by atoms with Crippen molar-refractivity contribution in [3.8, 4) is 16.8 Å². The van der Waals surface area contributed by atoms with E-state index in [-0.39, 0.29) is 11.9 Å². The van der Waals surface area contributed by atoms with Gasteiger partial charge in [0.2, 0.25) is 0 Å². The second-order valence-corrected chi connectivity index (χ2v) is 8.74. The molecule has 1 aliphatic heterocycles. The molecule has 1 aliphatic rings. The molecule has 0 spiro atoms. The van der Waals surface area contributed by atoms with E-state index < -0.39 is 11.7 Å². The Morgan fingerprint density at radius 1 is 1.06 bits per heavy atom. The summed E-state index contributed by atoms with van der Waals surface area (Å²) in [6.07, 6.45) is 0.0797. The van der Waals surface area contributed by atoms with Crippen molar-refractivity contribution in [3.05, 3.63) is 72.7 Å². The fraction of sp³-hybridized carbons (Fsp3) is 0.296. The van der Waals surface area contributed by atoms with Gasteiger partial charge in [0.25, 0.3) is 0 Å². The molecule has 3 heterocycles. The molecule has 0 saturated carbocycles. The van der Waals surface area contributed by atoms with Crippen molar-refractivity contribution in [1.29, 1.82) is 0 Å². The van der Waals surface area contributed by atoms with Crippen molar-refractivity contribution < 1.29 is 22.7 Å². The van der Waals surface area contributed by atoms with Crippen molar-refractivity contribution >= 4 is 22.8 Å². The molecule has 0 N–H and O–H groups in total. The van der Waals surface area contributed by atoms with Crippen LogP contribution in [0, 0.1) is 5.92 Å². The fourth-order valence-electron chi connectivity index (χ4n) is 4.74. The van der Waals surface area contributed by atoms with Gasteiger partial charge in [0, 0.05) is 30.5 Å². The summed E-state index contributed by atoms with van der Waals surface area (Å²) < 4.78 is 47.2. The molecular weight excluding hydrogens is 469 g/mol. The first-order valence-electron chi connectivity index (χ1n) is 11.9. The highest BCUT2D eigenvalue weighted by molar-refractivity contribution is 6.02. The van der Waals surface area contributed by atoms with Crippen molar-refractivity contribution in [3.63, 3.8) is 0 Å². The Balaban J connectivity index is 1.61. The molecule has 36 heavy (non-hydrogen) atoms. The fourth-order valence-corrected chi connectivity index (χ4v) is 4.74. The van der Waals surface area contributed by atoms with Gasteiger partial charge >= 0.3 is 12.1 Å². The number of benzene rings is 2. The lowest BCUT2D eigenvalue weighted by Crippen LogP contribution is -2.37. The largest absolute Gasteiger partial charge is 0.466 e. The predicted molar refractivity (Wildman–Crippen MR) is 131 cm³/mol. The van der Waals surface area contributed by atoms with Crippen LogP contribution in [0.4, 0.5) is 19.0 Å². The highest BCUT2D eigenvalue weighted by atomic mass is 19.4. The van der Waals surface area contributed by atoms with Crippen LogP contribution in [0.25, 0.3) is 27.8 Å². The first kappa shape index (κ1) is 23.8. The molecule has 0 aliphatic carbocycles. The first-order valence-corrected chi connectivity index (χ1v) is 11.9. The highest BCUT2D eigenvalue weighted by Gasteiger charge is 2.31. The maximum absolute atomic E-state index is 13.4. The van der Waals surface area contributed by atoms with E-state index in [1.165, 1.54) is 12.4 Å². The summed E-state index contributed by atoms with van der Waals surface area (Å²) in [5, 5.41) is 0.760. The zero-order valence-electron chi connectivity index (χ0n) is 19.7. The van der Waals surface area contributed by atoms with Crippen molar-refractivity contribution in [2.24, 2.45) is 5.92 Å². The van der Waals surface area contributed by atoms with E-state index in [0.717, 1.165) is 28.6 Å². The summed E-state index contributed by atoms with van der Waals surface area (Å²) >= 11 is 0. The SMILES string of the molecule is CCOC(=O)C1CCN(c2ncnc3c2c(-c2ccccc2)cn3-c2cccc(C(F)(F)F)c2)CC1. The average Bonchev–Trinajstić information content (AvgIpc) is 3.29. The zero-order chi connectivity index (χ0) is 25.3. The predicted octanol–water partition coefficient (Wildman–Crippen LogP) is 5.89. The number of halogens is 3. The lowest BCUT2D eigenvalue weighted by Gasteiger charge is -2.32. The lowest BCUT2D eigenvalue weighted by molar-refractivity contribution is -0.148. The summed E-state index contributed by atoms with van der Waals surface area (Å²) in [5.74, 6) is 0.374. The van der Waals surface area contributed by atoms with Gasteiger partial charge in [0.15, 0.2) is 5.65 Å². The number of hydrogen-bond acceptors (Lipinski definition) is 5. The number of anilines is 1. The molecule has 6 nitrogen and oxygen atoms in total. The number of rotatable bonds is 5. The average molecular weight is 495 g/mol. The van der Waals surface area contributed by atoms with E-state index in [0.29, 0.717) is 49.7 Å². The van der Waals surface area contributed by atoms with E-state index >= 15 is 0 Å². The summed E-state index contributed by atoms with van der Waals surface area (Å²) in [4.78, 5) is 23.4. The third-order valence-corrected chi connectivity index (χ3v) is 6.51. The molecule has 4 aromatic rings. The molecular formula is C27H25F3N4O2. The normalized spacial score (nSPS) is 14.8. The molecule has 0 unspecified atom stereocenters. The molecule has 9 heteroatoms. The van der Waals surface area contributed by atoms with Crippen molar-refractivity contribution in [2.75, 3.05) is 24.6 Å². The van der Waals surface area contributed by atoms with E-state index in [2.05, 4.69) is 14.9 Å². The molecule has 0 atom stereocenters. The Labute approximate surface area is 206 Å². The minimum Gasteiger partial charge on any atom is -0.466 e. The number of carbonyl (C=O) groups is 1. The van der Waals surface area contributed by atoms with Gasteiger partial charge in [0.05, 0.1) is 23.5 Å². The van der Waals surface area contributed by atoms with Crippen LogP contribution in [-0.2, 0) is 15.7 Å². The molecule has 186 valence electrons. The minimum absolute atomic E-state index is 0.151. The molecule has 0 bridgehead atoms. The minimum atomic E-state index is -4.45. The van der Waals surface area contributed by atoms with Crippen LogP contribution >= 0.6 is 0 Å². The van der Waals surface area contributed by atoms with Gasteiger partial charge in [-0.15, -0.1) is 0 Å². The standard InChI is InChI=1S/C27H25F3N4O2/c1-2-36-26(35)19-11-13-33(14-12-19)24-23-22(18-7-4-3-5-8-18)16-34(25(23)32-17-31-24)21-10-6-9-20(15-21)27(28,29)30/h3-10,15-17,19H,2,11-14H2,1H3. The Morgan fingerprint density at radius 2 is 1.81 bits per heavy atom. The number of aromatic nitrogens is 3. The van der Waals surface area contributed by atoms with Crippen LogP contribution in [0.5, 0.6) is 0 Å². The molecule has 2 aromatic heterocycles. The summed E-state index contributed by atoms with van der Waals surface area (Å²) in [5.41, 5.74) is 1.89. The van der Waals surface area contributed by atoms with Crippen LogP contribution in [0.1, 0.15) is 25.3 Å². The number of carbonyl (C=O) groups excluding carboxylic acids is 1. The van der Waals surface area contributed by atoms with Gasteiger partial charge in [0.1, 0.15) is 12.1 Å². The van der Waals surface area contributed by atoms with Crippen LogP contribution in [0.3, 0.4) is 0 Å². The number of piperidine rings is 1. The summed E-state index contributed by atoms with van der Waals surface area (Å²) in [7, 11) is 0.